The molecule has 4 aliphatic rings. The van der Waals surface area contributed by atoms with Gasteiger partial charge in [0.2, 0.25) is 10.0 Å². The van der Waals surface area contributed by atoms with Crippen LogP contribution in [-0.2, 0) is 19.6 Å². The zero-order valence-electron chi connectivity index (χ0n) is 17.1. The van der Waals surface area contributed by atoms with E-state index in [1.54, 1.807) is 4.90 Å². The molecular weight excluding hydrogens is 392 g/mol. The Bertz CT molecular complexity index is 864. The molecule has 2 unspecified atom stereocenters. The lowest BCUT2D eigenvalue weighted by Gasteiger charge is -2.32. The third-order valence-electron chi connectivity index (χ3n) is 6.36. The fraction of sp³-hybridized carbons (Fsp3) is 0.667. The molecule has 1 aromatic rings. The van der Waals surface area contributed by atoms with Crippen LogP contribution in [0, 0.1) is 6.92 Å². The largest absolute Gasteiger partial charge is 0.483 e. The van der Waals surface area contributed by atoms with E-state index in [4.69, 9.17) is 9.47 Å². The van der Waals surface area contributed by atoms with Crippen LogP contribution in [0.1, 0.15) is 49.1 Å². The second kappa shape index (κ2) is 8.24. The lowest BCUT2D eigenvalue weighted by atomic mass is 9.82. The third kappa shape index (κ3) is 4.75. The molecule has 1 aliphatic carbocycles. The first-order chi connectivity index (χ1) is 13.8. The maximum atomic E-state index is 12.9. The van der Waals surface area contributed by atoms with E-state index in [9.17, 15) is 13.2 Å². The van der Waals surface area contributed by atoms with Crippen LogP contribution < -0.4 is 9.46 Å². The summed E-state index contributed by atoms with van der Waals surface area (Å²) in [6.45, 7) is 2.87. The molecule has 1 saturated heterocycles. The Morgan fingerprint density at radius 1 is 1.14 bits per heavy atom. The highest BCUT2D eigenvalue weighted by Crippen LogP contribution is 2.39. The number of nitrogens with zero attached hydrogens (tertiary/aromatic N) is 1. The number of hydrogen-bond acceptors (Lipinski definition) is 5. The first-order valence-electron chi connectivity index (χ1n) is 10.4. The smallest absolute Gasteiger partial charge is 0.260 e. The predicted molar refractivity (Wildman–Crippen MR) is 110 cm³/mol. The predicted octanol–water partition coefficient (Wildman–Crippen LogP) is 1.95. The van der Waals surface area contributed by atoms with Crippen molar-refractivity contribution in [3.8, 4) is 5.75 Å². The molecule has 1 N–H and O–H groups in total. The highest BCUT2D eigenvalue weighted by Gasteiger charge is 2.39. The van der Waals surface area contributed by atoms with Crippen molar-refractivity contribution in [1.82, 2.24) is 9.62 Å². The van der Waals surface area contributed by atoms with E-state index in [2.05, 4.69) is 17.7 Å². The van der Waals surface area contributed by atoms with Crippen molar-refractivity contribution in [2.75, 3.05) is 26.0 Å². The number of ether oxygens (including phenoxy) is 2. The van der Waals surface area contributed by atoms with E-state index in [0.717, 1.165) is 37.7 Å². The van der Waals surface area contributed by atoms with Gasteiger partial charge in [0, 0.05) is 12.6 Å². The van der Waals surface area contributed by atoms with Crippen LogP contribution in [0.4, 0.5) is 0 Å². The highest BCUT2D eigenvalue weighted by atomic mass is 32.2. The van der Waals surface area contributed by atoms with Gasteiger partial charge in [-0.05, 0) is 56.6 Å². The van der Waals surface area contributed by atoms with Gasteiger partial charge in [-0.2, -0.15) is 0 Å². The standard InChI is InChI=1S/C21H30N2O5S/c1-14-3-8-20-17(11-14)15-4-6-16(7-5-15)27-12-19-18(22-29(2,25)26)9-10-23(19)21(24)13-28-20/h3,8,11,15-16,18-19,22H,4-7,9-10,12-13H2,1-2H3. The van der Waals surface area contributed by atoms with Crippen molar-refractivity contribution in [1.29, 1.82) is 0 Å². The van der Waals surface area contributed by atoms with Gasteiger partial charge in [-0.15, -0.1) is 0 Å². The van der Waals surface area contributed by atoms with E-state index in [-0.39, 0.29) is 30.7 Å². The Hall–Kier alpha value is -1.64. The second-order valence-corrected chi connectivity index (χ2v) is 10.4. The van der Waals surface area contributed by atoms with Crippen LogP contribution in [0.25, 0.3) is 0 Å². The molecule has 0 radical (unpaired) electrons. The number of benzene rings is 1. The van der Waals surface area contributed by atoms with Gasteiger partial charge in [0.05, 0.1) is 25.0 Å². The fourth-order valence-electron chi connectivity index (χ4n) is 4.90. The molecule has 29 heavy (non-hydrogen) atoms. The molecule has 5 rings (SSSR count). The van der Waals surface area contributed by atoms with Gasteiger partial charge in [0.25, 0.3) is 5.91 Å². The van der Waals surface area contributed by atoms with Crippen molar-refractivity contribution in [3.05, 3.63) is 29.3 Å². The number of aryl methyl sites for hydroxylation is 1. The van der Waals surface area contributed by atoms with Crippen LogP contribution in [0.15, 0.2) is 18.2 Å². The monoisotopic (exact) mass is 422 g/mol. The van der Waals surface area contributed by atoms with Crippen molar-refractivity contribution >= 4 is 15.9 Å². The van der Waals surface area contributed by atoms with Crippen LogP contribution in [0.5, 0.6) is 5.75 Å². The van der Waals surface area contributed by atoms with E-state index in [1.165, 1.54) is 11.1 Å². The number of sulfonamides is 1. The van der Waals surface area contributed by atoms with E-state index in [1.807, 2.05) is 12.1 Å². The van der Waals surface area contributed by atoms with Crippen LogP contribution >= 0.6 is 0 Å². The molecule has 2 bridgehead atoms. The lowest BCUT2D eigenvalue weighted by Crippen LogP contribution is -2.50. The van der Waals surface area contributed by atoms with Crippen LogP contribution in [-0.4, -0.2) is 63.4 Å². The first kappa shape index (κ1) is 20.6. The third-order valence-corrected chi connectivity index (χ3v) is 7.10. The summed E-state index contributed by atoms with van der Waals surface area (Å²) < 4.78 is 38.4. The second-order valence-electron chi connectivity index (χ2n) is 8.58. The van der Waals surface area contributed by atoms with E-state index >= 15 is 0 Å². The Kier molecular flexibility index (Phi) is 5.86. The average molecular weight is 423 g/mol. The fourth-order valence-corrected chi connectivity index (χ4v) is 5.72. The quantitative estimate of drug-likeness (QED) is 0.787. The zero-order chi connectivity index (χ0) is 20.6. The summed E-state index contributed by atoms with van der Waals surface area (Å²) in [5.41, 5.74) is 2.38. The normalized spacial score (nSPS) is 30.6. The summed E-state index contributed by atoms with van der Waals surface area (Å²) in [6.07, 6.45) is 5.86. The number of amides is 1. The summed E-state index contributed by atoms with van der Waals surface area (Å²) in [5, 5.41) is 0. The molecule has 160 valence electrons. The molecule has 8 heteroatoms. The maximum Gasteiger partial charge on any atom is 0.260 e. The van der Waals surface area contributed by atoms with Crippen LogP contribution in [0.2, 0.25) is 0 Å². The molecule has 2 atom stereocenters. The summed E-state index contributed by atoms with van der Waals surface area (Å²) in [7, 11) is -3.36. The summed E-state index contributed by atoms with van der Waals surface area (Å²) in [6, 6.07) is 5.52. The Morgan fingerprint density at radius 3 is 2.62 bits per heavy atom. The molecule has 0 aromatic heterocycles. The van der Waals surface area contributed by atoms with Gasteiger partial charge in [0.15, 0.2) is 6.61 Å². The van der Waals surface area contributed by atoms with Crippen molar-refractivity contribution in [3.63, 3.8) is 0 Å². The molecule has 3 aliphatic heterocycles. The number of hydrogen-bond donors (Lipinski definition) is 1. The van der Waals surface area contributed by atoms with Crippen molar-refractivity contribution in [2.24, 2.45) is 0 Å². The Labute approximate surface area is 172 Å². The first-order valence-corrected chi connectivity index (χ1v) is 12.3. The molecular formula is C21H30N2O5S. The van der Waals surface area contributed by atoms with Crippen molar-refractivity contribution < 1.29 is 22.7 Å². The Balaban J connectivity index is 1.60. The van der Waals surface area contributed by atoms with E-state index < -0.39 is 10.0 Å². The van der Waals surface area contributed by atoms with Crippen LogP contribution in [0.3, 0.4) is 0 Å². The number of carbonyl (C=O) groups excluding carboxylic acids is 1. The SMILES string of the molecule is Cc1ccc2c(c1)C1CCC(CC1)OCC1C(NS(C)(=O)=O)CCN1C(=O)CO2. The molecule has 7 nitrogen and oxygen atoms in total. The highest BCUT2D eigenvalue weighted by molar-refractivity contribution is 7.88. The minimum Gasteiger partial charge on any atom is -0.483 e. The molecule has 1 saturated carbocycles. The summed E-state index contributed by atoms with van der Waals surface area (Å²) in [5.74, 6) is 1.07. The number of fused-ring (bicyclic) bond motifs is 5. The van der Waals surface area contributed by atoms with Gasteiger partial charge in [0.1, 0.15) is 5.75 Å². The minimum absolute atomic E-state index is 0.0473. The molecule has 1 aromatic carbocycles. The maximum absolute atomic E-state index is 12.9. The molecule has 1 amide bonds. The number of nitrogens with one attached hydrogen (secondary N) is 1. The summed E-state index contributed by atoms with van der Waals surface area (Å²) in [4.78, 5) is 14.7. The number of carbonyl (C=O) groups is 1. The molecule has 0 spiro atoms. The van der Waals surface area contributed by atoms with E-state index in [0.29, 0.717) is 25.5 Å². The minimum atomic E-state index is -3.36. The van der Waals surface area contributed by atoms with Gasteiger partial charge >= 0.3 is 0 Å². The topological polar surface area (TPSA) is 84.9 Å². The average Bonchev–Trinajstić information content (AvgIpc) is 3.06. The summed E-state index contributed by atoms with van der Waals surface area (Å²) >= 11 is 0. The lowest BCUT2D eigenvalue weighted by molar-refractivity contribution is -0.136. The van der Waals surface area contributed by atoms with Gasteiger partial charge < -0.3 is 14.4 Å². The number of rotatable bonds is 2. The van der Waals surface area contributed by atoms with Gasteiger partial charge in [-0.25, -0.2) is 13.1 Å². The van der Waals surface area contributed by atoms with Gasteiger partial charge in [-0.3, -0.25) is 4.79 Å². The zero-order valence-corrected chi connectivity index (χ0v) is 17.9. The van der Waals surface area contributed by atoms with Crippen molar-refractivity contribution in [2.45, 2.75) is 63.1 Å². The Morgan fingerprint density at radius 2 is 1.90 bits per heavy atom. The molecule has 3 heterocycles. The van der Waals surface area contributed by atoms with Gasteiger partial charge in [-0.1, -0.05) is 17.7 Å². The molecule has 2 fully saturated rings.